The Balaban J connectivity index is 2.39. The van der Waals surface area contributed by atoms with E-state index in [2.05, 4.69) is 25.9 Å². The maximum atomic E-state index is 14.5. The van der Waals surface area contributed by atoms with Crippen molar-refractivity contribution in [3.63, 3.8) is 0 Å². The lowest BCUT2D eigenvalue weighted by molar-refractivity contribution is 0.134. The van der Waals surface area contributed by atoms with Crippen LogP contribution >= 0.6 is 27.7 Å². The van der Waals surface area contributed by atoms with Crippen LogP contribution in [0.15, 0.2) is 9.63 Å². The number of nitrogens with zero attached hydrogens (tertiary/aromatic N) is 2. The van der Waals surface area contributed by atoms with Crippen LogP contribution in [-0.4, -0.2) is 22.8 Å². The summed E-state index contributed by atoms with van der Waals surface area (Å²) in [5.41, 5.74) is 2.00. The number of methoxy groups -OCH3 is 1. The number of ether oxygens (including phenoxy) is 2. The van der Waals surface area contributed by atoms with Gasteiger partial charge < -0.3 is 9.47 Å². The van der Waals surface area contributed by atoms with Gasteiger partial charge in [-0.2, -0.15) is 4.98 Å². The Hall–Kier alpha value is -0.920. The minimum absolute atomic E-state index is 0.281. The van der Waals surface area contributed by atoms with Gasteiger partial charge in [-0.05, 0) is 27.2 Å². The standard InChI is InChI=1S/C13H12BrFN2O2S/c1-3-20-13-16-11-8(12(17-13)18-2)6-4-19-5-7(6)9(14)10(11)15/h3-5H2,1-2H3. The molecule has 4 nitrogen and oxygen atoms in total. The Morgan fingerprint density at radius 2 is 2.10 bits per heavy atom. The van der Waals surface area contributed by atoms with Crippen LogP contribution in [0.2, 0.25) is 0 Å². The van der Waals surface area contributed by atoms with Crippen molar-refractivity contribution in [1.29, 1.82) is 0 Å². The highest BCUT2D eigenvalue weighted by molar-refractivity contribution is 9.10. The summed E-state index contributed by atoms with van der Waals surface area (Å²) < 4.78 is 25.7. The fourth-order valence-electron chi connectivity index (χ4n) is 2.28. The average molecular weight is 359 g/mol. The van der Waals surface area contributed by atoms with Crippen molar-refractivity contribution in [3.05, 3.63) is 21.4 Å². The van der Waals surface area contributed by atoms with Gasteiger partial charge in [-0.1, -0.05) is 18.7 Å². The monoisotopic (exact) mass is 358 g/mol. The topological polar surface area (TPSA) is 44.2 Å². The quantitative estimate of drug-likeness (QED) is 0.618. The predicted octanol–water partition coefficient (Wildman–Crippen LogP) is 3.68. The average Bonchev–Trinajstić information content (AvgIpc) is 2.93. The molecule has 0 radical (unpaired) electrons. The van der Waals surface area contributed by atoms with Crippen LogP contribution in [0, 0.1) is 5.82 Å². The van der Waals surface area contributed by atoms with Gasteiger partial charge in [0.25, 0.3) is 0 Å². The first-order valence-corrected chi connectivity index (χ1v) is 7.90. The van der Waals surface area contributed by atoms with Crippen LogP contribution in [0.4, 0.5) is 4.39 Å². The molecular formula is C13H12BrFN2O2S. The third-order valence-electron chi connectivity index (χ3n) is 3.15. The van der Waals surface area contributed by atoms with Crippen molar-refractivity contribution >= 4 is 38.6 Å². The number of benzene rings is 1. The van der Waals surface area contributed by atoms with Gasteiger partial charge in [0.05, 0.1) is 30.2 Å². The molecule has 1 aromatic heterocycles. The summed E-state index contributed by atoms with van der Waals surface area (Å²) in [5, 5.41) is 1.13. The number of halogens is 2. The largest absolute Gasteiger partial charge is 0.480 e. The van der Waals surface area contributed by atoms with Gasteiger partial charge in [-0.25, -0.2) is 9.37 Å². The fourth-order valence-corrected chi connectivity index (χ4v) is 3.38. The number of fused-ring (bicyclic) bond motifs is 3. The molecule has 2 heterocycles. The van der Waals surface area contributed by atoms with Gasteiger partial charge in [-0.3, -0.25) is 0 Å². The normalized spacial score (nSPS) is 13.8. The Kier molecular flexibility index (Phi) is 3.83. The van der Waals surface area contributed by atoms with E-state index in [4.69, 9.17) is 9.47 Å². The van der Waals surface area contributed by atoms with Gasteiger partial charge >= 0.3 is 0 Å². The molecule has 0 atom stereocenters. The number of thioether (sulfide) groups is 1. The molecule has 0 saturated carbocycles. The summed E-state index contributed by atoms with van der Waals surface area (Å²) in [7, 11) is 1.53. The van der Waals surface area contributed by atoms with Crippen molar-refractivity contribution < 1.29 is 13.9 Å². The third kappa shape index (κ3) is 2.08. The number of hydrogen-bond donors (Lipinski definition) is 0. The predicted molar refractivity (Wildman–Crippen MR) is 78.6 cm³/mol. The van der Waals surface area contributed by atoms with E-state index >= 15 is 0 Å². The van der Waals surface area contributed by atoms with Crippen molar-refractivity contribution in [1.82, 2.24) is 9.97 Å². The number of aromatic nitrogens is 2. The van der Waals surface area contributed by atoms with E-state index in [1.54, 1.807) is 0 Å². The van der Waals surface area contributed by atoms with E-state index in [1.165, 1.54) is 18.9 Å². The number of rotatable bonds is 3. The molecule has 1 aliphatic rings. The molecule has 3 rings (SSSR count). The van der Waals surface area contributed by atoms with Crippen molar-refractivity contribution in [3.8, 4) is 5.88 Å². The Morgan fingerprint density at radius 3 is 2.80 bits per heavy atom. The minimum Gasteiger partial charge on any atom is -0.480 e. The zero-order valence-electron chi connectivity index (χ0n) is 11.0. The first kappa shape index (κ1) is 14.0. The second kappa shape index (κ2) is 5.46. The zero-order valence-corrected chi connectivity index (χ0v) is 13.4. The summed E-state index contributed by atoms with van der Waals surface area (Å²) in [6.45, 7) is 2.80. The van der Waals surface area contributed by atoms with Crippen LogP contribution in [0.1, 0.15) is 18.1 Å². The van der Waals surface area contributed by atoms with Gasteiger partial charge in [0.1, 0.15) is 5.52 Å². The van der Waals surface area contributed by atoms with Crippen LogP contribution in [-0.2, 0) is 18.0 Å². The maximum Gasteiger partial charge on any atom is 0.225 e. The molecular weight excluding hydrogens is 347 g/mol. The smallest absolute Gasteiger partial charge is 0.225 e. The highest BCUT2D eigenvalue weighted by Crippen LogP contribution is 2.40. The summed E-state index contributed by atoms with van der Waals surface area (Å²) in [4.78, 5) is 8.67. The molecule has 7 heteroatoms. The summed E-state index contributed by atoms with van der Waals surface area (Å²) in [5.74, 6) is 0.827. The summed E-state index contributed by atoms with van der Waals surface area (Å²) in [6, 6.07) is 0. The second-order valence-corrected chi connectivity index (χ2v) is 6.27. The van der Waals surface area contributed by atoms with Crippen LogP contribution in [0.25, 0.3) is 10.9 Å². The molecule has 0 aliphatic carbocycles. The lowest BCUT2D eigenvalue weighted by Gasteiger charge is -2.12. The third-order valence-corrected chi connectivity index (χ3v) is 4.70. The van der Waals surface area contributed by atoms with Gasteiger partial charge in [0, 0.05) is 5.56 Å². The van der Waals surface area contributed by atoms with Gasteiger partial charge in [0.15, 0.2) is 11.0 Å². The Bertz CT molecular complexity index is 696. The van der Waals surface area contributed by atoms with Gasteiger partial charge in [0.2, 0.25) is 5.88 Å². The van der Waals surface area contributed by atoms with Crippen molar-refractivity contribution in [2.24, 2.45) is 0 Å². The molecule has 1 aromatic carbocycles. The molecule has 0 saturated heterocycles. The maximum absolute atomic E-state index is 14.5. The Labute approximate surface area is 128 Å². The van der Waals surface area contributed by atoms with E-state index in [-0.39, 0.29) is 11.3 Å². The van der Waals surface area contributed by atoms with Crippen LogP contribution < -0.4 is 4.74 Å². The molecule has 0 amide bonds. The molecule has 20 heavy (non-hydrogen) atoms. The lowest BCUT2D eigenvalue weighted by Crippen LogP contribution is -2.01. The number of hydrogen-bond acceptors (Lipinski definition) is 5. The molecule has 1 aliphatic heterocycles. The van der Waals surface area contributed by atoms with Crippen molar-refractivity contribution in [2.75, 3.05) is 12.9 Å². The van der Waals surface area contributed by atoms with E-state index in [1.807, 2.05) is 6.92 Å². The lowest BCUT2D eigenvalue weighted by atomic mass is 10.0. The fraction of sp³-hybridized carbons (Fsp3) is 0.385. The Morgan fingerprint density at radius 1 is 1.35 bits per heavy atom. The summed E-state index contributed by atoms with van der Waals surface area (Å²) in [6.07, 6.45) is 0. The van der Waals surface area contributed by atoms with Crippen molar-refractivity contribution in [2.45, 2.75) is 25.3 Å². The van der Waals surface area contributed by atoms with E-state index in [9.17, 15) is 4.39 Å². The van der Waals surface area contributed by atoms with Crippen LogP contribution in [0.5, 0.6) is 5.88 Å². The SMILES string of the molecule is CCSc1nc(OC)c2c3c(c(Br)c(F)c2n1)COC3. The molecule has 0 unspecified atom stereocenters. The molecule has 106 valence electrons. The van der Waals surface area contributed by atoms with E-state index in [0.29, 0.717) is 34.1 Å². The first-order valence-electron chi connectivity index (χ1n) is 6.12. The summed E-state index contributed by atoms with van der Waals surface area (Å²) >= 11 is 4.75. The van der Waals surface area contributed by atoms with Crippen LogP contribution in [0.3, 0.4) is 0 Å². The molecule has 0 fully saturated rings. The first-order chi connectivity index (χ1) is 9.67. The molecule has 0 spiro atoms. The van der Waals surface area contributed by atoms with E-state index < -0.39 is 0 Å². The highest BCUT2D eigenvalue weighted by Gasteiger charge is 2.26. The molecule has 0 N–H and O–H groups in total. The second-order valence-electron chi connectivity index (χ2n) is 4.25. The minimum atomic E-state index is -0.386. The molecule has 2 aromatic rings. The van der Waals surface area contributed by atoms with E-state index in [0.717, 1.165) is 16.9 Å². The highest BCUT2D eigenvalue weighted by atomic mass is 79.9. The van der Waals surface area contributed by atoms with Gasteiger partial charge in [-0.15, -0.1) is 0 Å². The zero-order chi connectivity index (χ0) is 14.3. The molecule has 0 bridgehead atoms.